The lowest BCUT2D eigenvalue weighted by Gasteiger charge is -2.07. The first-order valence-corrected chi connectivity index (χ1v) is 6.54. The summed E-state index contributed by atoms with van der Waals surface area (Å²) in [5, 5.41) is 21.9. The van der Waals surface area contributed by atoms with Gasteiger partial charge in [-0.3, -0.25) is 4.98 Å². The van der Waals surface area contributed by atoms with E-state index in [4.69, 9.17) is 10.4 Å². The predicted octanol–water partition coefficient (Wildman–Crippen LogP) is 2.64. The number of carbonyl (C=O) groups is 1. The van der Waals surface area contributed by atoms with E-state index in [-0.39, 0.29) is 11.3 Å². The molecular weight excluding hydrogens is 299 g/mol. The third-order valence-electron chi connectivity index (χ3n) is 3.20. The van der Waals surface area contributed by atoms with Crippen LogP contribution in [0, 0.1) is 17.1 Å². The highest BCUT2D eigenvalue weighted by Gasteiger charge is 2.17. The SMILES string of the molecule is N#Cc1ccc(-n2nc(C(=O)O)cc2-c2cccnc2)cc1F. The summed E-state index contributed by atoms with van der Waals surface area (Å²) in [5.41, 5.74) is 1.14. The van der Waals surface area contributed by atoms with Gasteiger partial charge >= 0.3 is 5.97 Å². The Bertz CT molecular complexity index is 929. The molecule has 6 nitrogen and oxygen atoms in total. The molecule has 3 aromatic rings. The number of hydrogen-bond acceptors (Lipinski definition) is 4. The number of nitriles is 1. The summed E-state index contributed by atoms with van der Waals surface area (Å²) in [5.74, 6) is -1.89. The highest BCUT2D eigenvalue weighted by Crippen LogP contribution is 2.24. The van der Waals surface area contributed by atoms with Gasteiger partial charge in [-0.2, -0.15) is 10.4 Å². The number of aromatic nitrogens is 3. The van der Waals surface area contributed by atoms with Gasteiger partial charge in [0, 0.05) is 24.0 Å². The molecule has 0 unspecified atom stereocenters. The minimum absolute atomic E-state index is 0.0951. The van der Waals surface area contributed by atoms with Crippen molar-refractivity contribution in [1.29, 1.82) is 5.26 Å². The summed E-state index contributed by atoms with van der Waals surface area (Å²) in [4.78, 5) is 15.2. The fourth-order valence-electron chi connectivity index (χ4n) is 2.13. The van der Waals surface area contributed by atoms with Crippen LogP contribution >= 0.6 is 0 Å². The number of rotatable bonds is 3. The summed E-state index contributed by atoms with van der Waals surface area (Å²) in [6, 6.07) is 10.5. The van der Waals surface area contributed by atoms with E-state index in [1.165, 1.54) is 22.9 Å². The zero-order chi connectivity index (χ0) is 16.4. The molecule has 0 aliphatic rings. The molecule has 0 saturated heterocycles. The second kappa shape index (κ2) is 5.69. The van der Waals surface area contributed by atoms with Crippen molar-refractivity contribution >= 4 is 5.97 Å². The lowest BCUT2D eigenvalue weighted by Crippen LogP contribution is -2.03. The van der Waals surface area contributed by atoms with E-state index >= 15 is 0 Å². The van der Waals surface area contributed by atoms with Crippen molar-refractivity contribution in [1.82, 2.24) is 14.8 Å². The van der Waals surface area contributed by atoms with Gasteiger partial charge < -0.3 is 5.11 Å². The van der Waals surface area contributed by atoms with Crippen molar-refractivity contribution in [3.63, 3.8) is 0 Å². The van der Waals surface area contributed by atoms with Crippen molar-refractivity contribution in [2.75, 3.05) is 0 Å². The van der Waals surface area contributed by atoms with E-state index in [1.54, 1.807) is 30.6 Å². The molecule has 7 heteroatoms. The lowest BCUT2D eigenvalue weighted by atomic mass is 10.1. The predicted molar refractivity (Wildman–Crippen MR) is 78.4 cm³/mol. The number of aromatic carboxylic acids is 1. The monoisotopic (exact) mass is 308 g/mol. The Labute approximate surface area is 130 Å². The van der Waals surface area contributed by atoms with Crippen LogP contribution in [0.4, 0.5) is 4.39 Å². The zero-order valence-corrected chi connectivity index (χ0v) is 11.6. The molecule has 0 spiro atoms. The molecule has 0 saturated carbocycles. The topological polar surface area (TPSA) is 91.8 Å². The second-order valence-corrected chi connectivity index (χ2v) is 4.65. The lowest BCUT2D eigenvalue weighted by molar-refractivity contribution is 0.0690. The van der Waals surface area contributed by atoms with Gasteiger partial charge in [-0.15, -0.1) is 0 Å². The van der Waals surface area contributed by atoms with Gasteiger partial charge in [-0.25, -0.2) is 13.9 Å². The summed E-state index contributed by atoms with van der Waals surface area (Å²) < 4.78 is 15.2. The number of benzene rings is 1. The first kappa shape index (κ1) is 14.4. The van der Waals surface area contributed by atoms with E-state index in [9.17, 15) is 9.18 Å². The second-order valence-electron chi connectivity index (χ2n) is 4.65. The van der Waals surface area contributed by atoms with Gasteiger partial charge in [0.05, 0.1) is 16.9 Å². The molecule has 0 bridgehead atoms. The maximum atomic E-state index is 13.8. The molecule has 3 rings (SSSR count). The third-order valence-corrected chi connectivity index (χ3v) is 3.20. The van der Waals surface area contributed by atoms with Gasteiger partial charge in [0.25, 0.3) is 0 Å². The molecule has 1 aromatic carbocycles. The molecule has 0 aliphatic heterocycles. The van der Waals surface area contributed by atoms with Crippen molar-refractivity contribution in [3.8, 4) is 23.0 Å². The fourth-order valence-corrected chi connectivity index (χ4v) is 2.13. The Hall–Kier alpha value is -3.53. The summed E-state index contributed by atoms with van der Waals surface area (Å²) >= 11 is 0. The first-order valence-electron chi connectivity index (χ1n) is 6.54. The van der Waals surface area contributed by atoms with E-state index in [1.807, 2.05) is 0 Å². The largest absolute Gasteiger partial charge is 0.476 e. The molecule has 1 N–H and O–H groups in total. The number of carboxylic acid groups (broad SMARTS) is 1. The Balaban J connectivity index is 2.20. The number of pyridine rings is 1. The normalized spacial score (nSPS) is 10.3. The van der Waals surface area contributed by atoms with E-state index in [0.717, 1.165) is 6.07 Å². The summed E-state index contributed by atoms with van der Waals surface area (Å²) in [7, 11) is 0. The minimum Gasteiger partial charge on any atom is -0.476 e. The van der Waals surface area contributed by atoms with Gasteiger partial charge in [-0.05, 0) is 30.3 Å². The van der Waals surface area contributed by atoms with Crippen LogP contribution in [0.2, 0.25) is 0 Å². The average molecular weight is 308 g/mol. The molecule has 2 heterocycles. The Morgan fingerprint density at radius 3 is 2.74 bits per heavy atom. The smallest absolute Gasteiger partial charge is 0.356 e. The number of hydrogen-bond donors (Lipinski definition) is 1. The molecule has 0 radical (unpaired) electrons. The number of carboxylic acids is 1. The van der Waals surface area contributed by atoms with Crippen LogP contribution in [0.25, 0.3) is 16.9 Å². The molecule has 0 fully saturated rings. The highest BCUT2D eigenvalue weighted by atomic mass is 19.1. The molecule has 2 aromatic heterocycles. The zero-order valence-electron chi connectivity index (χ0n) is 11.6. The highest BCUT2D eigenvalue weighted by molar-refractivity contribution is 5.87. The molecule has 23 heavy (non-hydrogen) atoms. The third kappa shape index (κ3) is 2.65. The number of nitrogens with zero attached hydrogens (tertiary/aromatic N) is 4. The summed E-state index contributed by atoms with van der Waals surface area (Å²) in [6.07, 6.45) is 3.14. The molecule has 0 amide bonds. The van der Waals surface area contributed by atoms with Gasteiger partial charge in [0.2, 0.25) is 0 Å². The maximum absolute atomic E-state index is 13.8. The van der Waals surface area contributed by atoms with Crippen LogP contribution in [0.15, 0.2) is 48.8 Å². The Morgan fingerprint density at radius 1 is 1.30 bits per heavy atom. The van der Waals surface area contributed by atoms with Gasteiger partial charge in [-0.1, -0.05) is 0 Å². The van der Waals surface area contributed by atoms with Crippen LogP contribution in [0.5, 0.6) is 0 Å². The standard InChI is InChI=1S/C16H9FN4O2/c17-13-6-12(4-3-10(13)8-18)21-15(7-14(20-21)16(22)23)11-2-1-5-19-9-11/h1-7,9H,(H,22,23). The van der Waals surface area contributed by atoms with Crippen molar-refractivity contribution in [3.05, 3.63) is 65.9 Å². The fraction of sp³-hybridized carbons (Fsp3) is 0. The van der Waals surface area contributed by atoms with E-state index in [2.05, 4.69) is 10.1 Å². The van der Waals surface area contributed by atoms with Crippen molar-refractivity contribution in [2.45, 2.75) is 0 Å². The average Bonchev–Trinajstić information content (AvgIpc) is 3.01. The van der Waals surface area contributed by atoms with Crippen LogP contribution < -0.4 is 0 Å². The maximum Gasteiger partial charge on any atom is 0.356 e. The minimum atomic E-state index is -1.19. The summed E-state index contributed by atoms with van der Waals surface area (Å²) in [6.45, 7) is 0. The van der Waals surface area contributed by atoms with Gasteiger partial charge in [0.1, 0.15) is 11.9 Å². The number of halogens is 1. The van der Waals surface area contributed by atoms with E-state index in [0.29, 0.717) is 16.9 Å². The van der Waals surface area contributed by atoms with Crippen molar-refractivity contribution < 1.29 is 14.3 Å². The Morgan fingerprint density at radius 2 is 2.13 bits per heavy atom. The first-order chi connectivity index (χ1) is 11.1. The molecule has 112 valence electrons. The van der Waals surface area contributed by atoms with Crippen LogP contribution in [-0.4, -0.2) is 25.8 Å². The molecular formula is C16H9FN4O2. The quantitative estimate of drug-likeness (QED) is 0.803. The molecule has 0 aliphatic carbocycles. The Kier molecular flexibility index (Phi) is 3.57. The molecule has 0 atom stereocenters. The van der Waals surface area contributed by atoms with Crippen LogP contribution in [0.3, 0.4) is 0 Å². The van der Waals surface area contributed by atoms with E-state index < -0.39 is 11.8 Å². The van der Waals surface area contributed by atoms with Crippen LogP contribution in [-0.2, 0) is 0 Å². The van der Waals surface area contributed by atoms with Crippen LogP contribution in [0.1, 0.15) is 16.1 Å². The van der Waals surface area contributed by atoms with Gasteiger partial charge in [0.15, 0.2) is 5.69 Å². The van der Waals surface area contributed by atoms with Crippen molar-refractivity contribution in [2.24, 2.45) is 0 Å².